The van der Waals surface area contributed by atoms with Crippen molar-refractivity contribution in [2.45, 2.75) is 133 Å². The van der Waals surface area contributed by atoms with Gasteiger partial charge in [0.1, 0.15) is 68.1 Å². The Morgan fingerprint density at radius 3 is 1.18 bits per heavy atom. The predicted octanol–water partition coefficient (Wildman–Crippen LogP) is 10.2. The van der Waals surface area contributed by atoms with Crippen LogP contribution in [-0.2, 0) is 74.4 Å². The molecule has 652 valence electrons. The van der Waals surface area contributed by atoms with Crippen LogP contribution in [0.1, 0.15) is 167 Å². The highest BCUT2D eigenvalue weighted by Crippen LogP contribution is 2.37. The monoisotopic (exact) mass is 1730 g/mol. The second-order valence-electron chi connectivity index (χ2n) is 29.5. The number of allylic oxidation sites excluding steroid dienone is 4. The quantitative estimate of drug-likeness (QED) is 0.0119. The maximum atomic E-state index is 13.8. The lowest BCUT2D eigenvalue weighted by molar-refractivity contribution is 0.0357. The Bertz CT molecular complexity index is 5740. The smallest absolute Gasteiger partial charge is 0.335 e. The van der Waals surface area contributed by atoms with Crippen LogP contribution in [0.5, 0.6) is 23.0 Å². The van der Waals surface area contributed by atoms with E-state index in [9.17, 15) is 48.6 Å². The minimum atomic E-state index is -1.16. The molecular formula is C86H100N20O16S2. The molecule has 2 aliphatic rings. The number of ether oxygens (including phenoxy) is 6. The number of nitrogens with zero attached hydrogens (tertiary/aromatic N) is 16. The number of rotatable bonds is 38. The summed E-state index contributed by atoms with van der Waals surface area (Å²) < 4.78 is 45.5. The molecule has 2 aliphatic heterocycles. The van der Waals surface area contributed by atoms with Crippen molar-refractivity contribution < 1.29 is 77.0 Å². The lowest BCUT2D eigenvalue weighted by atomic mass is 10.1. The van der Waals surface area contributed by atoms with E-state index in [0.29, 0.717) is 183 Å². The van der Waals surface area contributed by atoms with E-state index in [1.165, 1.54) is 61.2 Å². The van der Waals surface area contributed by atoms with Gasteiger partial charge in [-0.3, -0.25) is 58.6 Å². The summed E-state index contributed by atoms with van der Waals surface area (Å²) >= 11 is 2.68. The van der Waals surface area contributed by atoms with Crippen LogP contribution in [0.25, 0.3) is 44.1 Å². The van der Waals surface area contributed by atoms with E-state index in [4.69, 9.17) is 59.8 Å². The van der Waals surface area contributed by atoms with Crippen LogP contribution >= 0.6 is 22.7 Å². The zero-order chi connectivity index (χ0) is 88.2. The van der Waals surface area contributed by atoms with Gasteiger partial charge >= 0.3 is 11.9 Å². The molecule has 8 N–H and O–H groups in total. The summed E-state index contributed by atoms with van der Waals surface area (Å²) in [5.41, 5.74) is 19.0. The standard InChI is InChI=1S/C43H51N11O7S.C43H49N9O9S/c1-6-29-39(62-26(4)46-29)33(55)24-36-47-30-20-27(40(44)56)22-34(59-5)37(30)52(36)12-8-9-13-53-38-31(48-43(53)49-42(58)32-19-25(3)50-54(32)7-2)21-28(41(45)57)23-35(38)61-16-10-11-51-14-17-60-18-15-51;1-6-29-39(62-26(4)44-29)33(53)24-36-45-30-20-27(41(55)56)22-34(59-5)37(30)50(36)12-8-9-13-51-38-31(46-43(51)47-40(54)32-19-25(3)48-52(32)7-2)21-28(42(57)58)23-35(38)61-16-10-11-49-14-17-60-18-15-49/h8-9,19-23H,6-7,10-18,24H2,1-5H3,(H2,44,56)(H2,45,57)(H,48,49,58);8-9,19-23H,6-7,10-18,24H2,1-5H3,(H,55,56)(H,57,58)(H,46,47,54)/b2*9-8+. The van der Waals surface area contributed by atoms with E-state index in [0.717, 1.165) is 61.4 Å². The average Bonchev–Trinajstić information content (AvgIpc) is 1.63. The van der Waals surface area contributed by atoms with Gasteiger partial charge in [-0.1, -0.05) is 38.2 Å². The number of nitrogens with two attached hydrogens (primary N) is 2. The maximum Gasteiger partial charge on any atom is 0.335 e. The lowest BCUT2D eigenvalue weighted by Gasteiger charge is -2.26. The second kappa shape index (κ2) is 40.0. The molecule has 0 unspecified atom stereocenters. The average molecular weight is 1730 g/mol. The van der Waals surface area contributed by atoms with Gasteiger partial charge in [-0.25, -0.2) is 39.5 Å². The van der Waals surface area contributed by atoms with E-state index < -0.39 is 35.6 Å². The van der Waals surface area contributed by atoms with Crippen molar-refractivity contribution in [3.63, 3.8) is 0 Å². The Kier molecular flexibility index (Phi) is 28.7. The van der Waals surface area contributed by atoms with E-state index in [1.54, 1.807) is 61.8 Å². The summed E-state index contributed by atoms with van der Waals surface area (Å²) in [5.74, 6) is -2.19. The van der Waals surface area contributed by atoms with Crippen molar-refractivity contribution in [2.24, 2.45) is 11.5 Å². The van der Waals surface area contributed by atoms with E-state index in [1.807, 2.05) is 81.9 Å². The summed E-state index contributed by atoms with van der Waals surface area (Å²) in [6.45, 7) is 25.1. The number of methoxy groups -OCH3 is 2. The summed E-state index contributed by atoms with van der Waals surface area (Å²) in [6.07, 6.45) is 10.00. The van der Waals surface area contributed by atoms with Crippen molar-refractivity contribution in [1.82, 2.24) is 77.5 Å². The SMILES string of the molecule is CCc1nc(C)sc1C(=O)Cc1nc2cc(C(=O)O)cc(OC)c2n1C/C=C/Cn1c(NC(=O)c2cc(C)nn2CC)nc2cc(C(=O)O)cc(OCCCN3CCOCC3)c21.CCc1nc(C)sc1C(=O)Cc1nc2cc(C(N)=O)cc(OC)c2n1C/C=C/Cn1c(NC(=O)c2cc(C)nn2CC)nc2cc(C(N)=O)cc(OCCCN3CCOCC3)c21. The minimum Gasteiger partial charge on any atom is -0.494 e. The first-order chi connectivity index (χ1) is 59.8. The number of amides is 4. The van der Waals surface area contributed by atoms with Gasteiger partial charge < -0.3 is 68.4 Å². The number of aromatic carboxylic acids is 2. The maximum absolute atomic E-state index is 13.8. The fourth-order valence-corrected chi connectivity index (χ4v) is 17.1. The van der Waals surface area contributed by atoms with Crippen molar-refractivity contribution in [3.8, 4) is 23.0 Å². The van der Waals surface area contributed by atoms with Crippen LogP contribution in [0.2, 0.25) is 0 Å². The molecule has 14 rings (SSSR count). The summed E-state index contributed by atoms with van der Waals surface area (Å²) in [7, 11) is 2.94. The number of imidazole rings is 4. The number of primary amides is 2. The molecule has 36 nitrogen and oxygen atoms in total. The number of nitrogens with one attached hydrogen (secondary N) is 2. The highest BCUT2D eigenvalue weighted by molar-refractivity contribution is 7.14. The van der Waals surface area contributed by atoms with Crippen molar-refractivity contribution >= 4 is 126 Å². The molecule has 2 fully saturated rings. The first-order valence-electron chi connectivity index (χ1n) is 40.9. The highest BCUT2D eigenvalue weighted by Gasteiger charge is 2.29. The van der Waals surface area contributed by atoms with Crippen molar-refractivity contribution in [3.05, 3.63) is 173 Å². The number of carbonyl (C=O) groups excluding carboxylic acids is 6. The molecule has 0 saturated carbocycles. The van der Waals surface area contributed by atoms with E-state index >= 15 is 0 Å². The molecule has 0 aliphatic carbocycles. The molecule has 2 saturated heterocycles. The molecule has 4 aromatic carbocycles. The minimum absolute atomic E-state index is 0.0114. The zero-order valence-electron chi connectivity index (χ0n) is 70.8. The number of aryl methyl sites for hydroxylation is 8. The zero-order valence-corrected chi connectivity index (χ0v) is 72.4. The van der Waals surface area contributed by atoms with Crippen LogP contribution in [0.4, 0.5) is 11.9 Å². The normalized spacial score (nSPS) is 13.4. The molecule has 0 spiro atoms. The Balaban J connectivity index is 0.000000213. The number of fused-ring (bicyclic) bond motifs is 4. The van der Waals surface area contributed by atoms with Crippen molar-refractivity contribution in [1.29, 1.82) is 0 Å². The summed E-state index contributed by atoms with van der Waals surface area (Å²) in [6, 6.07) is 15.5. The van der Waals surface area contributed by atoms with Gasteiger partial charge in [0.2, 0.25) is 23.7 Å². The molecule has 38 heteroatoms. The van der Waals surface area contributed by atoms with Crippen LogP contribution in [0.3, 0.4) is 0 Å². The predicted molar refractivity (Wildman–Crippen MR) is 466 cm³/mol. The topological polar surface area (TPSA) is 448 Å². The van der Waals surface area contributed by atoms with Crippen molar-refractivity contribution in [2.75, 3.05) is 104 Å². The highest BCUT2D eigenvalue weighted by atomic mass is 32.1. The molecule has 10 heterocycles. The van der Waals surface area contributed by atoms with Gasteiger partial charge in [0.15, 0.2) is 11.6 Å². The van der Waals surface area contributed by atoms with Gasteiger partial charge in [0.25, 0.3) is 11.8 Å². The molecule has 12 aromatic rings. The van der Waals surface area contributed by atoms with Gasteiger partial charge in [-0.05, 0) is 128 Å². The van der Waals surface area contributed by atoms with Gasteiger partial charge in [-0.15, -0.1) is 22.7 Å². The lowest BCUT2D eigenvalue weighted by Crippen LogP contribution is -2.37. The third-order valence-corrected chi connectivity index (χ3v) is 23.2. The molecule has 4 amide bonds. The number of Topliss-reactive ketones (excluding diaryl/α,β-unsaturated/α-hetero) is 2. The number of hydrogen-bond acceptors (Lipinski definition) is 26. The molecule has 0 bridgehead atoms. The van der Waals surface area contributed by atoms with Crippen LogP contribution in [-0.4, -0.2) is 228 Å². The van der Waals surface area contributed by atoms with Gasteiger partial charge in [0, 0.05) is 89.7 Å². The fraction of sp³-hybridized carbons (Fsp3) is 0.395. The number of ketones is 2. The fourth-order valence-electron chi connectivity index (χ4n) is 15.2. The van der Waals surface area contributed by atoms with E-state index in [2.05, 4.69) is 40.6 Å². The number of benzene rings is 4. The second-order valence-corrected chi connectivity index (χ2v) is 32.0. The van der Waals surface area contributed by atoms with Crippen LogP contribution in [0, 0.1) is 27.7 Å². The van der Waals surface area contributed by atoms with Gasteiger partial charge in [-0.2, -0.15) is 10.2 Å². The number of thiazole rings is 2. The number of carbonyl (C=O) groups is 8. The number of carboxylic acids is 2. The Morgan fingerprint density at radius 1 is 0.468 bits per heavy atom. The van der Waals surface area contributed by atoms with Crippen LogP contribution in [0.15, 0.2) is 85.0 Å². The Hall–Kier alpha value is -12.9. The van der Waals surface area contributed by atoms with E-state index in [-0.39, 0.29) is 90.5 Å². The molecular weight excluding hydrogens is 1630 g/mol. The third kappa shape index (κ3) is 20.2. The first kappa shape index (κ1) is 88.9. The number of aromatic nitrogens is 14. The van der Waals surface area contributed by atoms with Crippen LogP contribution < -0.4 is 41.0 Å². The largest absolute Gasteiger partial charge is 0.494 e. The summed E-state index contributed by atoms with van der Waals surface area (Å²) in [5, 5.41) is 36.2. The molecule has 8 aromatic heterocycles. The number of hydrogen-bond donors (Lipinski definition) is 6. The molecule has 0 radical (unpaired) electrons. The Labute approximate surface area is 720 Å². The Morgan fingerprint density at radius 2 is 0.815 bits per heavy atom. The number of carboxylic acid groups (broad SMARTS) is 2. The summed E-state index contributed by atoms with van der Waals surface area (Å²) in [4.78, 5) is 138. The number of anilines is 2. The molecule has 124 heavy (non-hydrogen) atoms. The van der Waals surface area contributed by atoms with Gasteiger partial charge in [0.05, 0.1) is 142 Å². The first-order valence-corrected chi connectivity index (χ1v) is 42.6. The molecule has 0 atom stereocenters. The third-order valence-electron chi connectivity index (χ3n) is 21.1. The number of morpholine rings is 2.